The third kappa shape index (κ3) is 2.80. The van der Waals surface area contributed by atoms with Crippen LogP contribution in [-0.2, 0) is 31.4 Å². The molecule has 4 rings (SSSR count). The summed E-state index contributed by atoms with van der Waals surface area (Å²) >= 11 is 1.72. The van der Waals surface area contributed by atoms with Crippen molar-refractivity contribution in [3.63, 3.8) is 0 Å². The van der Waals surface area contributed by atoms with Crippen LogP contribution in [-0.4, -0.2) is 51.8 Å². The van der Waals surface area contributed by atoms with Gasteiger partial charge < -0.3 is 9.64 Å². The molecule has 1 fully saturated rings. The topological polar surface area (TPSA) is 50.6 Å². The molecule has 2 aromatic rings. The van der Waals surface area contributed by atoms with E-state index >= 15 is 0 Å². The fraction of sp³-hybridized carbons (Fsp3) is 0.500. The van der Waals surface area contributed by atoms with Crippen LogP contribution in [0.3, 0.4) is 0 Å². The van der Waals surface area contributed by atoms with Gasteiger partial charge in [-0.3, -0.25) is 14.4 Å². The molecular weight excluding hydrogens is 312 g/mol. The number of amides is 1. The summed E-state index contributed by atoms with van der Waals surface area (Å²) in [5.41, 5.74) is 4.21. The number of aryl methyl sites for hydroxylation is 1. The van der Waals surface area contributed by atoms with Crippen LogP contribution < -0.4 is 0 Å². The second-order valence-electron chi connectivity index (χ2n) is 6.08. The lowest BCUT2D eigenvalue weighted by molar-refractivity contribution is 0.0297. The molecule has 122 valence electrons. The summed E-state index contributed by atoms with van der Waals surface area (Å²) in [5.74, 6) is 0.0440. The van der Waals surface area contributed by atoms with Crippen molar-refractivity contribution in [1.82, 2.24) is 19.6 Å². The molecule has 7 heteroatoms. The van der Waals surface area contributed by atoms with Gasteiger partial charge in [-0.2, -0.15) is 16.4 Å². The minimum Gasteiger partial charge on any atom is -0.378 e. The zero-order chi connectivity index (χ0) is 15.8. The number of aromatic nitrogens is 2. The van der Waals surface area contributed by atoms with Gasteiger partial charge in [-0.1, -0.05) is 0 Å². The molecule has 0 aliphatic carbocycles. The minimum atomic E-state index is 0.0440. The Kier molecular flexibility index (Phi) is 3.92. The summed E-state index contributed by atoms with van der Waals surface area (Å²) < 4.78 is 7.20. The molecule has 6 nitrogen and oxygen atoms in total. The standard InChI is InChI=1S/C16H20N4O2S/c1-18-14-10-19(8-12-2-7-23-11-12)9-13(14)15(17-18)16(21)20-3-5-22-6-4-20/h2,7,11H,3-6,8-10H2,1H3. The molecule has 0 aromatic carbocycles. The van der Waals surface area contributed by atoms with E-state index in [-0.39, 0.29) is 5.91 Å². The van der Waals surface area contributed by atoms with Crippen LogP contribution >= 0.6 is 11.3 Å². The van der Waals surface area contributed by atoms with Crippen molar-refractivity contribution in [1.29, 1.82) is 0 Å². The molecule has 0 radical (unpaired) electrons. The quantitative estimate of drug-likeness (QED) is 0.854. The SMILES string of the molecule is Cn1nc(C(=O)N2CCOCC2)c2c1CN(Cc1ccsc1)C2. The van der Waals surface area contributed by atoms with E-state index in [4.69, 9.17) is 4.74 Å². The van der Waals surface area contributed by atoms with E-state index in [1.807, 2.05) is 16.6 Å². The van der Waals surface area contributed by atoms with E-state index in [0.717, 1.165) is 30.9 Å². The van der Waals surface area contributed by atoms with Gasteiger partial charge in [0.05, 0.1) is 18.9 Å². The third-order valence-electron chi connectivity index (χ3n) is 4.52. The number of carbonyl (C=O) groups excluding carboxylic acids is 1. The molecule has 2 aromatic heterocycles. The smallest absolute Gasteiger partial charge is 0.274 e. The molecule has 23 heavy (non-hydrogen) atoms. The van der Waals surface area contributed by atoms with Gasteiger partial charge in [0, 0.05) is 45.3 Å². The number of nitrogens with zero attached hydrogens (tertiary/aromatic N) is 4. The van der Waals surface area contributed by atoms with Gasteiger partial charge in [-0.25, -0.2) is 0 Å². The van der Waals surface area contributed by atoms with E-state index in [9.17, 15) is 4.79 Å². The summed E-state index contributed by atoms with van der Waals surface area (Å²) in [6.07, 6.45) is 0. The van der Waals surface area contributed by atoms with Crippen LogP contribution in [0, 0.1) is 0 Å². The van der Waals surface area contributed by atoms with Crippen molar-refractivity contribution >= 4 is 17.2 Å². The Morgan fingerprint density at radius 1 is 1.35 bits per heavy atom. The molecule has 0 atom stereocenters. The van der Waals surface area contributed by atoms with E-state index in [1.54, 1.807) is 11.3 Å². The Hall–Kier alpha value is -1.70. The highest BCUT2D eigenvalue weighted by molar-refractivity contribution is 7.07. The first-order valence-corrected chi connectivity index (χ1v) is 8.82. The van der Waals surface area contributed by atoms with Gasteiger partial charge in [0.1, 0.15) is 0 Å². The monoisotopic (exact) mass is 332 g/mol. The average Bonchev–Trinajstić information content (AvgIpc) is 3.28. The zero-order valence-electron chi connectivity index (χ0n) is 13.2. The Balaban J connectivity index is 1.53. The lowest BCUT2D eigenvalue weighted by atomic mass is 10.2. The van der Waals surface area contributed by atoms with E-state index in [0.29, 0.717) is 32.0 Å². The average molecular weight is 332 g/mol. The molecule has 0 bridgehead atoms. The van der Waals surface area contributed by atoms with E-state index in [1.165, 1.54) is 5.56 Å². The van der Waals surface area contributed by atoms with E-state index in [2.05, 4.69) is 26.8 Å². The van der Waals surface area contributed by atoms with Crippen LogP contribution in [0.4, 0.5) is 0 Å². The molecular formula is C16H20N4O2S. The summed E-state index contributed by atoms with van der Waals surface area (Å²) in [4.78, 5) is 17.0. The molecule has 0 unspecified atom stereocenters. The van der Waals surface area contributed by atoms with Gasteiger partial charge in [-0.15, -0.1) is 0 Å². The van der Waals surface area contributed by atoms with Gasteiger partial charge in [0.2, 0.25) is 0 Å². The largest absolute Gasteiger partial charge is 0.378 e. The molecule has 1 amide bonds. The van der Waals surface area contributed by atoms with Crippen LogP contribution in [0.2, 0.25) is 0 Å². The number of rotatable bonds is 3. The number of fused-ring (bicyclic) bond motifs is 1. The number of ether oxygens (including phenoxy) is 1. The van der Waals surface area contributed by atoms with Crippen molar-refractivity contribution in [2.45, 2.75) is 19.6 Å². The van der Waals surface area contributed by atoms with Crippen LogP contribution in [0.25, 0.3) is 0 Å². The lowest BCUT2D eigenvalue weighted by Gasteiger charge is -2.26. The summed E-state index contributed by atoms with van der Waals surface area (Å²) in [6.45, 7) is 5.11. The maximum atomic E-state index is 12.8. The fourth-order valence-corrected chi connectivity index (χ4v) is 3.96. The first kappa shape index (κ1) is 14.9. The van der Waals surface area contributed by atoms with Crippen LogP contribution in [0.5, 0.6) is 0 Å². The van der Waals surface area contributed by atoms with Gasteiger partial charge in [0.25, 0.3) is 5.91 Å². The van der Waals surface area contributed by atoms with Crippen molar-refractivity contribution in [2.75, 3.05) is 26.3 Å². The van der Waals surface area contributed by atoms with Crippen LogP contribution in [0.1, 0.15) is 27.3 Å². The lowest BCUT2D eigenvalue weighted by Crippen LogP contribution is -2.41. The Bertz CT molecular complexity index is 704. The molecule has 0 spiro atoms. The number of hydrogen-bond donors (Lipinski definition) is 0. The highest BCUT2D eigenvalue weighted by Gasteiger charge is 2.32. The predicted octanol–water partition coefficient (Wildman–Crippen LogP) is 1.47. The zero-order valence-corrected chi connectivity index (χ0v) is 14.0. The van der Waals surface area contributed by atoms with Gasteiger partial charge >= 0.3 is 0 Å². The maximum absolute atomic E-state index is 12.8. The molecule has 1 saturated heterocycles. The van der Waals surface area contributed by atoms with Gasteiger partial charge in [-0.05, 0) is 22.4 Å². The van der Waals surface area contributed by atoms with Crippen molar-refractivity contribution in [3.05, 3.63) is 39.3 Å². The second-order valence-corrected chi connectivity index (χ2v) is 6.86. The van der Waals surface area contributed by atoms with Gasteiger partial charge in [0.15, 0.2) is 5.69 Å². The Morgan fingerprint density at radius 3 is 2.91 bits per heavy atom. The molecule has 0 saturated carbocycles. The molecule has 2 aliphatic heterocycles. The van der Waals surface area contributed by atoms with Crippen molar-refractivity contribution < 1.29 is 9.53 Å². The number of morpholine rings is 1. The minimum absolute atomic E-state index is 0.0440. The van der Waals surface area contributed by atoms with Crippen molar-refractivity contribution in [2.24, 2.45) is 7.05 Å². The Morgan fingerprint density at radius 2 is 2.17 bits per heavy atom. The number of carbonyl (C=O) groups is 1. The first-order valence-electron chi connectivity index (χ1n) is 7.87. The van der Waals surface area contributed by atoms with Crippen LogP contribution in [0.15, 0.2) is 16.8 Å². The second kappa shape index (κ2) is 6.07. The Labute approximate surface area is 139 Å². The fourth-order valence-electron chi connectivity index (χ4n) is 3.30. The molecule has 0 N–H and O–H groups in total. The summed E-state index contributed by atoms with van der Waals surface area (Å²) in [6, 6.07) is 2.16. The normalized spacial score (nSPS) is 18.4. The summed E-state index contributed by atoms with van der Waals surface area (Å²) in [5, 5.41) is 8.79. The first-order chi connectivity index (χ1) is 11.2. The number of thiophene rings is 1. The highest BCUT2D eigenvalue weighted by Crippen LogP contribution is 2.28. The maximum Gasteiger partial charge on any atom is 0.274 e. The van der Waals surface area contributed by atoms with E-state index < -0.39 is 0 Å². The molecule has 2 aliphatic rings. The number of hydrogen-bond acceptors (Lipinski definition) is 5. The molecule has 4 heterocycles. The highest BCUT2D eigenvalue weighted by atomic mass is 32.1. The van der Waals surface area contributed by atoms with Crippen molar-refractivity contribution in [3.8, 4) is 0 Å². The third-order valence-corrected chi connectivity index (χ3v) is 5.25. The predicted molar refractivity (Wildman–Crippen MR) is 87.2 cm³/mol. The summed E-state index contributed by atoms with van der Waals surface area (Å²) in [7, 11) is 1.93.